The van der Waals surface area contributed by atoms with Crippen LogP contribution in [0.4, 0.5) is 0 Å². The third kappa shape index (κ3) is 4.06. The van der Waals surface area contributed by atoms with Gasteiger partial charge in [-0.05, 0) is 37.1 Å². The quantitative estimate of drug-likeness (QED) is 0.743. The van der Waals surface area contributed by atoms with Gasteiger partial charge in [-0.2, -0.15) is 0 Å². The van der Waals surface area contributed by atoms with Gasteiger partial charge in [-0.1, -0.05) is 12.1 Å². The van der Waals surface area contributed by atoms with Crippen molar-refractivity contribution in [1.82, 2.24) is 10.6 Å². The van der Waals surface area contributed by atoms with Crippen LogP contribution < -0.4 is 10.6 Å². The fourth-order valence-corrected chi connectivity index (χ4v) is 2.19. The van der Waals surface area contributed by atoms with Crippen LogP contribution in [0, 0.1) is 0 Å². The predicted molar refractivity (Wildman–Crippen MR) is 70.9 cm³/mol. The van der Waals surface area contributed by atoms with Crippen molar-refractivity contribution in [2.75, 3.05) is 6.54 Å². The highest BCUT2D eigenvalue weighted by Gasteiger charge is 2.17. The topological polar surface area (TPSA) is 78.4 Å². The molecule has 2 rings (SSSR count). The fraction of sp³-hybridized carbons (Fsp3) is 0.429. The van der Waals surface area contributed by atoms with E-state index in [9.17, 15) is 9.59 Å². The molecule has 1 aliphatic heterocycles. The molecule has 1 aromatic carbocycles. The van der Waals surface area contributed by atoms with Crippen molar-refractivity contribution in [3.63, 3.8) is 0 Å². The average molecular weight is 262 g/mol. The predicted octanol–water partition coefficient (Wildman–Crippen LogP) is 1.14. The van der Waals surface area contributed by atoms with Crippen LogP contribution in [0.25, 0.3) is 0 Å². The summed E-state index contributed by atoms with van der Waals surface area (Å²) in [5.74, 6) is -0.912. The molecule has 3 N–H and O–H groups in total. The Bertz CT molecular complexity index is 450. The number of nitrogens with one attached hydrogen (secondary N) is 2. The normalized spacial score (nSPS) is 18.2. The van der Waals surface area contributed by atoms with Crippen LogP contribution in [0.15, 0.2) is 24.3 Å². The van der Waals surface area contributed by atoms with Gasteiger partial charge in [0.1, 0.15) is 0 Å². The maximum Gasteiger partial charge on any atom is 0.335 e. The van der Waals surface area contributed by atoms with Crippen LogP contribution in [0.1, 0.15) is 35.2 Å². The van der Waals surface area contributed by atoms with Crippen LogP contribution in [-0.4, -0.2) is 29.6 Å². The highest BCUT2D eigenvalue weighted by Crippen LogP contribution is 2.09. The molecule has 0 bridgehead atoms. The molecule has 5 nitrogen and oxygen atoms in total. The first kappa shape index (κ1) is 13.5. The van der Waals surface area contributed by atoms with E-state index in [1.54, 1.807) is 24.3 Å². The number of rotatable bonds is 5. The Balaban J connectivity index is 1.77. The molecule has 1 unspecified atom stereocenters. The van der Waals surface area contributed by atoms with E-state index in [2.05, 4.69) is 10.6 Å². The zero-order valence-electron chi connectivity index (χ0n) is 10.7. The summed E-state index contributed by atoms with van der Waals surface area (Å²) in [6, 6.07) is 6.83. The van der Waals surface area contributed by atoms with Gasteiger partial charge in [-0.15, -0.1) is 0 Å². The first-order valence-corrected chi connectivity index (χ1v) is 6.47. The first-order valence-electron chi connectivity index (χ1n) is 6.47. The fourth-order valence-electron chi connectivity index (χ4n) is 2.19. The molecule has 5 heteroatoms. The van der Waals surface area contributed by atoms with Crippen molar-refractivity contribution in [2.45, 2.75) is 31.8 Å². The summed E-state index contributed by atoms with van der Waals surface area (Å²) in [6.07, 6.45) is 2.70. The van der Waals surface area contributed by atoms with E-state index in [-0.39, 0.29) is 11.5 Å². The molecule has 0 spiro atoms. The minimum atomic E-state index is -0.942. The molecule has 1 aliphatic rings. The maximum atomic E-state index is 11.7. The van der Waals surface area contributed by atoms with E-state index in [0.29, 0.717) is 19.0 Å². The molecule has 19 heavy (non-hydrogen) atoms. The van der Waals surface area contributed by atoms with E-state index in [1.165, 1.54) is 0 Å². The molecular formula is C14H18N2O3. The lowest BCUT2D eigenvalue weighted by atomic mass is 10.1. The van der Waals surface area contributed by atoms with Crippen molar-refractivity contribution in [1.29, 1.82) is 0 Å². The minimum absolute atomic E-state index is 0.0294. The number of carbonyl (C=O) groups excluding carboxylic acids is 1. The van der Waals surface area contributed by atoms with Gasteiger partial charge < -0.3 is 15.7 Å². The Morgan fingerprint density at radius 2 is 2.05 bits per heavy atom. The Kier molecular flexibility index (Phi) is 4.52. The van der Waals surface area contributed by atoms with Gasteiger partial charge in [0.2, 0.25) is 5.91 Å². The summed E-state index contributed by atoms with van der Waals surface area (Å²) in [5, 5.41) is 14.9. The van der Waals surface area contributed by atoms with Crippen LogP contribution >= 0.6 is 0 Å². The number of carbonyl (C=O) groups is 2. The monoisotopic (exact) mass is 262 g/mol. The smallest absolute Gasteiger partial charge is 0.335 e. The Morgan fingerprint density at radius 1 is 1.32 bits per heavy atom. The zero-order chi connectivity index (χ0) is 13.7. The van der Waals surface area contributed by atoms with E-state index >= 15 is 0 Å². The van der Waals surface area contributed by atoms with Gasteiger partial charge in [0, 0.05) is 19.0 Å². The van der Waals surface area contributed by atoms with E-state index in [0.717, 1.165) is 24.9 Å². The second-order valence-corrected chi connectivity index (χ2v) is 4.78. The molecule has 1 heterocycles. The zero-order valence-corrected chi connectivity index (χ0v) is 10.7. The number of carboxylic acid groups (broad SMARTS) is 1. The van der Waals surface area contributed by atoms with Gasteiger partial charge in [-0.25, -0.2) is 4.79 Å². The van der Waals surface area contributed by atoms with Crippen LogP contribution in [0.2, 0.25) is 0 Å². The summed E-state index contributed by atoms with van der Waals surface area (Å²) < 4.78 is 0. The third-order valence-corrected chi connectivity index (χ3v) is 3.28. The third-order valence-electron chi connectivity index (χ3n) is 3.28. The molecule has 1 aromatic rings. The summed E-state index contributed by atoms with van der Waals surface area (Å²) in [6.45, 7) is 1.43. The molecule has 0 aromatic heterocycles. The first-order chi connectivity index (χ1) is 9.15. The van der Waals surface area contributed by atoms with Crippen molar-refractivity contribution in [3.8, 4) is 0 Å². The molecule has 0 radical (unpaired) electrons. The number of hydrogen-bond donors (Lipinski definition) is 3. The Morgan fingerprint density at radius 3 is 2.63 bits per heavy atom. The number of aromatic carboxylic acids is 1. The molecule has 102 valence electrons. The highest BCUT2D eigenvalue weighted by atomic mass is 16.4. The Hall–Kier alpha value is -1.88. The van der Waals surface area contributed by atoms with Crippen molar-refractivity contribution in [2.24, 2.45) is 0 Å². The highest BCUT2D eigenvalue weighted by molar-refractivity contribution is 5.87. The summed E-state index contributed by atoms with van der Waals surface area (Å²) in [5.41, 5.74) is 1.16. The summed E-state index contributed by atoms with van der Waals surface area (Å²) >= 11 is 0. The number of amides is 1. The second kappa shape index (κ2) is 6.33. The van der Waals surface area contributed by atoms with Crippen LogP contribution in [0.5, 0.6) is 0 Å². The van der Waals surface area contributed by atoms with E-state index in [1.807, 2.05) is 0 Å². The molecule has 0 aliphatic carbocycles. The lowest BCUT2D eigenvalue weighted by Gasteiger charge is -2.10. The van der Waals surface area contributed by atoms with Gasteiger partial charge >= 0.3 is 5.97 Å². The molecule has 1 saturated heterocycles. The molecule has 1 atom stereocenters. The van der Waals surface area contributed by atoms with E-state index in [4.69, 9.17) is 5.11 Å². The van der Waals surface area contributed by atoms with Gasteiger partial charge in [0.25, 0.3) is 0 Å². The number of carboxylic acids is 1. The SMILES string of the molecule is O=C(CC1CCCN1)NCc1ccc(C(=O)O)cc1. The second-order valence-electron chi connectivity index (χ2n) is 4.78. The number of hydrogen-bond acceptors (Lipinski definition) is 3. The standard InChI is InChI=1S/C14H18N2O3/c17-13(8-12-2-1-7-15-12)16-9-10-3-5-11(6-4-10)14(18)19/h3-6,12,15H,1-2,7-9H2,(H,16,17)(H,18,19). The van der Waals surface area contributed by atoms with Gasteiger partial charge in [0.05, 0.1) is 5.56 Å². The van der Waals surface area contributed by atoms with Crippen LogP contribution in [-0.2, 0) is 11.3 Å². The molecular weight excluding hydrogens is 244 g/mol. The van der Waals surface area contributed by atoms with Crippen LogP contribution in [0.3, 0.4) is 0 Å². The van der Waals surface area contributed by atoms with Crippen molar-refractivity contribution < 1.29 is 14.7 Å². The van der Waals surface area contributed by atoms with Crippen molar-refractivity contribution >= 4 is 11.9 Å². The summed E-state index contributed by atoms with van der Waals surface area (Å²) in [4.78, 5) is 22.4. The number of benzene rings is 1. The molecule has 0 saturated carbocycles. The largest absolute Gasteiger partial charge is 0.478 e. The maximum absolute atomic E-state index is 11.7. The van der Waals surface area contributed by atoms with E-state index < -0.39 is 5.97 Å². The van der Waals surface area contributed by atoms with Crippen molar-refractivity contribution in [3.05, 3.63) is 35.4 Å². The average Bonchev–Trinajstić information content (AvgIpc) is 2.89. The molecule has 1 amide bonds. The molecule has 1 fully saturated rings. The lowest BCUT2D eigenvalue weighted by molar-refractivity contribution is -0.121. The van der Waals surface area contributed by atoms with Gasteiger partial charge in [-0.3, -0.25) is 4.79 Å². The Labute approximate surface area is 112 Å². The summed E-state index contributed by atoms with van der Waals surface area (Å²) in [7, 11) is 0. The lowest BCUT2D eigenvalue weighted by Crippen LogP contribution is -2.31. The van der Waals surface area contributed by atoms with Gasteiger partial charge in [0.15, 0.2) is 0 Å². The minimum Gasteiger partial charge on any atom is -0.478 e.